The SMILES string of the molecule is CC/C=C\C/C=C\C/C=C\C/C=C\C/C=C\C/C=C\CCC(=O)OC[C@H](COP(=O)(O)OC[C@@H](O)COP(=O)(O)OC[C@@H](COC(=O)CCCCCCCCCCCCCCCCC)OC(=O)CC/C=C\C/C=C\C/C=C\C/C=C\C/C=C\C/C=C\CC)OC(=O)CCCCCCC/C=C\C/C=C\CCCCC. The number of aliphatic hydroxyl groups excluding tert-OH is 1. The molecule has 0 saturated heterocycles. The molecule has 19 heteroatoms. The number of carbonyl (C=O) groups excluding carboxylic acids is 4. The fourth-order valence-corrected chi connectivity index (χ4v) is 12.1. The standard InChI is InChI=1S/C89H146O17P2/c1-5-9-13-17-21-25-29-33-37-39-41-43-47-50-54-58-62-66-70-74-87(92)100-80-84(105-88(93)75-71-67-63-59-55-51-46-36-32-28-24-20-16-12-8-4)81-103-107(95,96)101-77-83(90)78-102-108(97,98)104-82-85(79-99-86(91)73-69-65-61-57-53-49-45-35-31-27-23-19-15-11-7-3)106-89(94)76-72-68-64-60-56-52-48-44-42-40-38-34-30-26-22-18-14-10-6-2/h9-10,13-14,21-22,24-26,28,33-34,36-38,41-44,46,50,52,54,56,62,64,66,68,83-85,90H,5-8,11-12,15-20,23,27,29-32,35,39-40,45,47-49,51,53,55,57-61,63,65,67,69-82H2,1-4H3,(H,95,96)(H,97,98)/b13-9-,14-10-,25-21-,26-22-,28-24-,37-33-,38-34-,43-41-,44-42-,46-36-,54-50-,56-52-,66-62-,68-64-/t83-,84-,85-/m1/s1. The van der Waals surface area contributed by atoms with E-state index in [1.165, 1.54) is 83.5 Å². The molecule has 0 spiro atoms. The Hall–Kier alpha value is -5.58. The van der Waals surface area contributed by atoms with Crippen LogP contribution < -0.4 is 0 Å². The van der Waals surface area contributed by atoms with E-state index in [-0.39, 0.29) is 25.7 Å². The maximum atomic E-state index is 13.1. The van der Waals surface area contributed by atoms with Crippen molar-refractivity contribution in [1.82, 2.24) is 0 Å². The van der Waals surface area contributed by atoms with E-state index in [0.717, 1.165) is 135 Å². The first-order valence-corrected chi connectivity index (χ1v) is 44.4. The fourth-order valence-electron chi connectivity index (χ4n) is 10.5. The molecule has 0 aromatic heterocycles. The van der Waals surface area contributed by atoms with Crippen LogP contribution in [0.5, 0.6) is 0 Å². The monoisotopic (exact) mass is 1550 g/mol. The maximum absolute atomic E-state index is 13.1. The molecule has 0 fully saturated rings. The van der Waals surface area contributed by atoms with Gasteiger partial charge in [-0.3, -0.25) is 37.3 Å². The van der Waals surface area contributed by atoms with Crippen LogP contribution in [-0.4, -0.2) is 96.7 Å². The fraction of sp³-hybridized carbons (Fsp3) is 0.640. The summed E-state index contributed by atoms with van der Waals surface area (Å²) < 4.78 is 68.5. The molecule has 3 N–H and O–H groups in total. The van der Waals surface area contributed by atoms with E-state index in [1.807, 2.05) is 36.5 Å². The van der Waals surface area contributed by atoms with Gasteiger partial charge in [0.05, 0.1) is 26.4 Å². The number of allylic oxidation sites excluding steroid dienone is 28. The molecular weight excluding hydrogens is 1400 g/mol. The largest absolute Gasteiger partial charge is 0.472 e. The minimum absolute atomic E-state index is 0.0262. The Bertz CT molecular complexity index is 2710. The Morgan fingerprint density at radius 1 is 0.269 bits per heavy atom. The first-order valence-electron chi connectivity index (χ1n) is 41.4. The van der Waals surface area contributed by atoms with E-state index in [9.17, 15) is 43.2 Å². The van der Waals surface area contributed by atoms with Crippen molar-refractivity contribution in [3.63, 3.8) is 0 Å². The molecule has 0 amide bonds. The van der Waals surface area contributed by atoms with Gasteiger partial charge in [0.25, 0.3) is 0 Å². The topological polar surface area (TPSA) is 237 Å². The van der Waals surface area contributed by atoms with E-state index in [2.05, 4.69) is 161 Å². The quantitative estimate of drug-likeness (QED) is 0.0169. The van der Waals surface area contributed by atoms with Gasteiger partial charge in [-0.25, -0.2) is 9.13 Å². The molecule has 0 radical (unpaired) electrons. The lowest BCUT2D eigenvalue weighted by Gasteiger charge is -2.21. The summed E-state index contributed by atoms with van der Waals surface area (Å²) in [6.45, 7) is 4.44. The first kappa shape index (κ1) is 102. The number of aliphatic hydroxyl groups is 1. The summed E-state index contributed by atoms with van der Waals surface area (Å²) in [5.74, 6) is -2.39. The van der Waals surface area contributed by atoms with Gasteiger partial charge < -0.3 is 33.8 Å². The van der Waals surface area contributed by atoms with Gasteiger partial charge in [0.2, 0.25) is 0 Å². The molecule has 2 unspecified atom stereocenters. The van der Waals surface area contributed by atoms with Crippen molar-refractivity contribution in [2.75, 3.05) is 39.6 Å². The lowest BCUT2D eigenvalue weighted by Crippen LogP contribution is -2.30. The minimum atomic E-state index is -5.01. The van der Waals surface area contributed by atoms with Crippen molar-refractivity contribution < 1.29 is 80.2 Å². The average molecular weight is 1550 g/mol. The van der Waals surface area contributed by atoms with Crippen molar-refractivity contribution >= 4 is 39.5 Å². The van der Waals surface area contributed by atoms with Gasteiger partial charge in [0, 0.05) is 25.7 Å². The molecule has 0 aliphatic heterocycles. The lowest BCUT2D eigenvalue weighted by molar-refractivity contribution is -0.161. The number of ether oxygens (including phenoxy) is 4. The number of unbranched alkanes of at least 4 members (excludes halogenated alkanes) is 22. The second kappa shape index (κ2) is 79.5. The number of phosphoric ester groups is 2. The van der Waals surface area contributed by atoms with Gasteiger partial charge in [0.15, 0.2) is 12.2 Å². The predicted octanol–water partition coefficient (Wildman–Crippen LogP) is 24.6. The smallest absolute Gasteiger partial charge is 0.462 e. The van der Waals surface area contributed by atoms with Crippen LogP contribution >= 0.6 is 15.6 Å². The third-order valence-corrected chi connectivity index (χ3v) is 18.6. The number of carbonyl (C=O) groups is 4. The van der Waals surface area contributed by atoms with Crippen LogP contribution in [0, 0.1) is 0 Å². The summed E-state index contributed by atoms with van der Waals surface area (Å²) in [7, 11) is -10.0. The molecular formula is C89H146O17P2. The molecule has 614 valence electrons. The molecule has 0 saturated carbocycles. The van der Waals surface area contributed by atoms with Gasteiger partial charge in [-0.05, 0) is 135 Å². The predicted molar refractivity (Wildman–Crippen MR) is 445 cm³/mol. The Labute approximate surface area is 654 Å². The molecule has 0 aromatic rings. The molecule has 0 rings (SSSR count). The maximum Gasteiger partial charge on any atom is 0.472 e. The molecule has 0 aliphatic carbocycles. The Kier molecular flexibility index (Phi) is 75.4. The molecule has 17 nitrogen and oxygen atoms in total. The summed E-state index contributed by atoms with van der Waals surface area (Å²) >= 11 is 0. The molecule has 5 atom stereocenters. The first-order chi connectivity index (χ1) is 52.7. The number of esters is 4. The lowest BCUT2D eigenvalue weighted by atomic mass is 10.0. The third kappa shape index (κ3) is 78.5. The Morgan fingerprint density at radius 2 is 0.500 bits per heavy atom. The zero-order valence-corrected chi connectivity index (χ0v) is 69.0. The van der Waals surface area contributed by atoms with Gasteiger partial charge in [0.1, 0.15) is 19.3 Å². The van der Waals surface area contributed by atoms with Crippen molar-refractivity contribution in [2.24, 2.45) is 0 Å². The molecule has 0 heterocycles. The molecule has 108 heavy (non-hydrogen) atoms. The van der Waals surface area contributed by atoms with E-state index in [0.29, 0.717) is 38.5 Å². The number of rotatable bonds is 76. The van der Waals surface area contributed by atoms with Crippen LogP contribution in [-0.2, 0) is 65.4 Å². The van der Waals surface area contributed by atoms with Crippen molar-refractivity contribution in [3.05, 3.63) is 170 Å². The Morgan fingerprint density at radius 3 is 0.833 bits per heavy atom. The molecule has 0 aromatic carbocycles. The highest BCUT2D eigenvalue weighted by molar-refractivity contribution is 7.47. The highest BCUT2D eigenvalue weighted by atomic mass is 31.2. The number of hydrogen-bond donors (Lipinski definition) is 3. The van der Waals surface area contributed by atoms with Crippen LogP contribution in [0.15, 0.2) is 170 Å². The normalized spacial score (nSPS) is 14.7. The van der Waals surface area contributed by atoms with Gasteiger partial charge in [-0.15, -0.1) is 0 Å². The second-order valence-electron chi connectivity index (χ2n) is 27.0. The van der Waals surface area contributed by atoms with Crippen LogP contribution in [0.25, 0.3) is 0 Å². The van der Waals surface area contributed by atoms with Crippen LogP contribution in [0.2, 0.25) is 0 Å². The minimum Gasteiger partial charge on any atom is -0.462 e. The van der Waals surface area contributed by atoms with Crippen LogP contribution in [0.1, 0.15) is 310 Å². The highest BCUT2D eigenvalue weighted by Crippen LogP contribution is 2.45. The van der Waals surface area contributed by atoms with E-state index in [4.69, 9.17) is 37.0 Å². The Balaban J connectivity index is 5.52. The van der Waals surface area contributed by atoms with E-state index >= 15 is 0 Å². The second-order valence-corrected chi connectivity index (χ2v) is 29.9. The van der Waals surface area contributed by atoms with Gasteiger partial charge in [-0.1, -0.05) is 320 Å². The highest BCUT2D eigenvalue weighted by Gasteiger charge is 2.30. The van der Waals surface area contributed by atoms with Crippen LogP contribution in [0.3, 0.4) is 0 Å². The summed E-state index contributed by atoms with van der Waals surface area (Å²) in [5, 5.41) is 10.7. The van der Waals surface area contributed by atoms with Crippen molar-refractivity contribution in [2.45, 2.75) is 329 Å². The van der Waals surface area contributed by atoms with Crippen LogP contribution in [0.4, 0.5) is 0 Å². The number of hydrogen-bond acceptors (Lipinski definition) is 15. The zero-order chi connectivity index (χ0) is 78.9. The summed E-state index contributed by atoms with van der Waals surface area (Å²) in [4.78, 5) is 73.1. The van der Waals surface area contributed by atoms with E-state index in [1.54, 1.807) is 0 Å². The molecule has 0 aliphatic rings. The molecule has 0 bridgehead atoms. The summed E-state index contributed by atoms with van der Waals surface area (Å²) in [6, 6.07) is 0. The third-order valence-electron chi connectivity index (χ3n) is 16.7. The van der Waals surface area contributed by atoms with Gasteiger partial charge >= 0.3 is 39.5 Å². The zero-order valence-electron chi connectivity index (χ0n) is 67.2. The van der Waals surface area contributed by atoms with Crippen molar-refractivity contribution in [3.8, 4) is 0 Å². The average Bonchev–Trinajstić information content (AvgIpc) is 0.914. The van der Waals surface area contributed by atoms with Gasteiger partial charge in [-0.2, -0.15) is 0 Å². The van der Waals surface area contributed by atoms with E-state index < -0.39 is 97.5 Å². The summed E-state index contributed by atoms with van der Waals surface area (Å²) in [6.07, 6.45) is 95.0. The summed E-state index contributed by atoms with van der Waals surface area (Å²) in [5.41, 5.74) is 0. The van der Waals surface area contributed by atoms with Crippen molar-refractivity contribution in [1.29, 1.82) is 0 Å². The number of phosphoric acid groups is 2.